The van der Waals surface area contributed by atoms with Crippen molar-refractivity contribution in [1.29, 1.82) is 0 Å². The van der Waals surface area contributed by atoms with Crippen molar-refractivity contribution in [2.45, 2.75) is 39.2 Å². The van der Waals surface area contributed by atoms with Gasteiger partial charge in [0.05, 0.1) is 0 Å². The van der Waals surface area contributed by atoms with E-state index in [1.807, 2.05) is 18.3 Å². The zero-order chi connectivity index (χ0) is 13.3. The molecular formula is C16H21NS. The van der Waals surface area contributed by atoms with Gasteiger partial charge in [0, 0.05) is 15.8 Å². The average molecular weight is 259 g/mol. The summed E-state index contributed by atoms with van der Waals surface area (Å²) in [5.41, 5.74) is 8.76. The number of rotatable bonds is 2. The first-order valence-corrected chi connectivity index (χ1v) is 7.16. The fourth-order valence-electron chi connectivity index (χ4n) is 2.00. The molecule has 1 atom stereocenters. The van der Waals surface area contributed by atoms with E-state index in [0.717, 1.165) is 0 Å². The molecule has 0 aliphatic heterocycles. The minimum Gasteiger partial charge on any atom is -0.324 e. The van der Waals surface area contributed by atoms with E-state index in [1.54, 1.807) is 0 Å². The topological polar surface area (TPSA) is 26.0 Å². The molecule has 96 valence electrons. The third kappa shape index (κ3) is 2.65. The summed E-state index contributed by atoms with van der Waals surface area (Å²) < 4.78 is 0. The molecule has 1 nitrogen and oxygen atoms in total. The molecule has 0 saturated carbocycles. The van der Waals surface area contributed by atoms with Gasteiger partial charge in [-0.1, -0.05) is 45.0 Å². The zero-order valence-electron chi connectivity index (χ0n) is 11.5. The van der Waals surface area contributed by atoms with Gasteiger partial charge < -0.3 is 5.73 Å². The molecule has 0 aliphatic rings. The van der Waals surface area contributed by atoms with Crippen molar-refractivity contribution in [2.24, 2.45) is 5.73 Å². The van der Waals surface area contributed by atoms with Crippen molar-refractivity contribution in [1.82, 2.24) is 0 Å². The molecule has 2 N–H and O–H groups in total. The van der Waals surface area contributed by atoms with Crippen molar-refractivity contribution >= 4 is 11.3 Å². The molecule has 1 heterocycles. The van der Waals surface area contributed by atoms with Crippen LogP contribution >= 0.6 is 11.3 Å². The highest BCUT2D eigenvalue weighted by molar-refractivity contribution is 7.15. The quantitative estimate of drug-likeness (QED) is 0.828. The molecule has 2 heteroatoms. The highest BCUT2D eigenvalue weighted by Crippen LogP contribution is 2.37. The van der Waals surface area contributed by atoms with Crippen molar-refractivity contribution in [3.8, 4) is 10.4 Å². The van der Waals surface area contributed by atoms with Crippen LogP contribution in [0.1, 0.15) is 44.2 Å². The van der Waals surface area contributed by atoms with Crippen LogP contribution in [0, 0.1) is 0 Å². The maximum absolute atomic E-state index is 6.05. The minimum absolute atomic E-state index is 0.0707. The second-order valence-corrected chi connectivity index (χ2v) is 6.87. The van der Waals surface area contributed by atoms with Crippen LogP contribution in [0.2, 0.25) is 0 Å². The van der Waals surface area contributed by atoms with Gasteiger partial charge in [-0.05, 0) is 35.6 Å². The summed E-state index contributed by atoms with van der Waals surface area (Å²) in [5.74, 6) is 0. The Morgan fingerprint density at radius 3 is 2.28 bits per heavy atom. The number of benzene rings is 1. The molecule has 1 aromatic carbocycles. The Bertz CT molecular complexity index is 532. The van der Waals surface area contributed by atoms with Crippen LogP contribution in [0.3, 0.4) is 0 Å². The van der Waals surface area contributed by atoms with Gasteiger partial charge in [0.15, 0.2) is 0 Å². The summed E-state index contributed by atoms with van der Waals surface area (Å²) in [4.78, 5) is 2.73. The van der Waals surface area contributed by atoms with Gasteiger partial charge in [0.25, 0.3) is 0 Å². The maximum Gasteiger partial charge on any atom is 0.0349 e. The van der Waals surface area contributed by atoms with Crippen LogP contribution in [0.4, 0.5) is 0 Å². The minimum atomic E-state index is 0.0707. The predicted molar refractivity (Wildman–Crippen MR) is 81.1 cm³/mol. The highest BCUT2D eigenvalue weighted by atomic mass is 32.1. The lowest BCUT2D eigenvalue weighted by atomic mass is 9.95. The van der Waals surface area contributed by atoms with Crippen molar-refractivity contribution in [3.05, 3.63) is 46.8 Å². The van der Waals surface area contributed by atoms with E-state index in [9.17, 15) is 0 Å². The molecule has 0 fully saturated rings. The van der Waals surface area contributed by atoms with Gasteiger partial charge in [-0.3, -0.25) is 0 Å². The summed E-state index contributed by atoms with van der Waals surface area (Å²) in [6.45, 7) is 8.79. The highest BCUT2D eigenvalue weighted by Gasteiger charge is 2.17. The number of hydrogen-bond donors (Lipinski definition) is 1. The SMILES string of the molecule is C[C@@H](N)c1ccccc1-c1ccc(C(C)(C)C)s1. The Kier molecular flexibility index (Phi) is 3.60. The summed E-state index contributed by atoms with van der Waals surface area (Å²) in [6.07, 6.45) is 0. The lowest BCUT2D eigenvalue weighted by Crippen LogP contribution is -2.07. The van der Waals surface area contributed by atoms with Crippen LogP contribution in [0.5, 0.6) is 0 Å². The zero-order valence-corrected chi connectivity index (χ0v) is 12.3. The van der Waals surface area contributed by atoms with E-state index in [-0.39, 0.29) is 11.5 Å². The molecule has 0 aliphatic carbocycles. The normalized spacial score (nSPS) is 13.6. The fraction of sp³-hybridized carbons (Fsp3) is 0.375. The molecule has 2 aromatic rings. The van der Waals surface area contributed by atoms with Crippen molar-refractivity contribution in [3.63, 3.8) is 0 Å². The first kappa shape index (κ1) is 13.3. The third-order valence-corrected chi connectivity index (χ3v) is 4.61. The first-order chi connectivity index (χ1) is 8.39. The molecule has 0 amide bonds. The van der Waals surface area contributed by atoms with Gasteiger partial charge in [-0.2, -0.15) is 0 Å². The second-order valence-electron chi connectivity index (χ2n) is 5.79. The van der Waals surface area contributed by atoms with E-state index >= 15 is 0 Å². The molecule has 0 spiro atoms. The van der Waals surface area contributed by atoms with Gasteiger partial charge in [-0.25, -0.2) is 0 Å². The van der Waals surface area contributed by atoms with Crippen molar-refractivity contribution in [2.75, 3.05) is 0 Å². The molecule has 0 radical (unpaired) electrons. The van der Waals surface area contributed by atoms with Gasteiger partial charge in [-0.15, -0.1) is 11.3 Å². The Hall–Kier alpha value is -1.12. The van der Waals surface area contributed by atoms with Crippen LogP contribution < -0.4 is 5.73 Å². The molecule has 0 bridgehead atoms. The molecule has 18 heavy (non-hydrogen) atoms. The van der Waals surface area contributed by atoms with Crippen LogP contribution in [-0.2, 0) is 5.41 Å². The number of nitrogens with two attached hydrogens (primary N) is 1. The Balaban J connectivity index is 2.47. The third-order valence-electron chi connectivity index (χ3n) is 3.06. The van der Waals surface area contributed by atoms with Crippen LogP contribution in [0.15, 0.2) is 36.4 Å². The number of thiophene rings is 1. The van der Waals surface area contributed by atoms with Gasteiger partial charge in [0.2, 0.25) is 0 Å². The first-order valence-electron chi connectivity index (χ1n) is 6.35. The van der Waals surface area contributed by atoms with Gasteiger partial charge >= 0.3 is 0 Å². The average Bonchev–Trinajstić information content (AvgIpc) is 2.77. The van der Waals surface area contributed by atoms with Crippen LogP contribution in [-0.4, -0.2) is 0 Å². The van der Waals surface area contributed by atoms with E-state index in [0.29, 0.717) is 0 Å². The van der Waals surface area contributed by atoms with Crippen LogP contribution in [0.25, 0.3) is 10.4 Å². The Labute approximate surface area is 114 Å². The summed E-state index contributed by atoms with van der Waals surface area (Å²) in [5, 5.41) is 0. The Morgan fingerprint density at radius 2 is 1.72 bits per heavy atom. The largest absolute Gasteiger partial charge is 0.324 e. The summed E-state index contributed by atoms with van der Waals surface area (Å²) in [7, 11) is 0. The smallest absolute Gasteiger partial charge is 0.0349 e. The van der Waals surface area contributed by atoms with Gasteiger partial charge in [0.1, 0.15) is 0 Å². The fourth-order valence-corrected chi connectivity index (χ4v) is 3.12. The second kappa shape index (κ2) is 4.87. The van der Waals surface area contributed by atoms with E-state index in [1.165, 1.54) is 20.9 Å². The van der Waals surface area contributed by atoms with E-state index < -0.39 is 0 Å². The molecular weight excluding hydrogens is 238 g/mol. The molecule has 2 rings (SSSR count). The standard InChI is InChI=1S/C16H21NS/c1-11(17)12-7-5-6-8-13(12)14-9-10-15(18-14)16(2,3)4/h5-11H,17H2,1-4H3/t11-/m1/s1. The van der Waals surface area contributed by atoms with E-state index in [4.69, 9.17) is 5.73 Å². The number of hydrogen-bond acceptors (Lipinski definition) is 2. The lowest BCUT2D eigenvalue weighted by molar-refractivity contribution is 0.604. The lowest BCUT2D eigenvalue weighted by Gasteiger charge is -2.15. The summed E-state index contributed by atoms with van der Waals surface area (Å²) >= 11 is 1.87. The molecule has 0 unspecified atom stereocenters. The monoisotopic (exact) mass is 259 g/mol. The summed E-state index contributed by atoms with van der Waals surface area (Å²) in [6, 6.07) is 12.9. The molecule has 1 aromatic heterocycles. The molecule has 0 saturated heterocycles. The Morgan fingerprint density at radius 1 is 1.06 bits per heavy atom. The predicted octanol–water partition coefficient (Wildman–Crippen LogP) is 4.73. The van der Waals surface area contributed by atoms with E-state index in [2.05, 4.69) is 57.2 Å². The van der Waals surface area contributed by atoms with Crippen molar-refractivity contribution < 1.29 is 0 Å². The maximum atomic E-state index is 6.05.